The highest BCUT2D eigenvalue weighted by molar-refractivity contribution is 8.01. The van der Waals surface area contributed by atoms with E-state index in [1.807, 2.05) is 12.1 Å². The maximum absolute atomic E-state index is 11.9. The molecule has 2 rings (SSSR count). The van der Waals surface area contributed by atoms with Crippen molar-refractivity contribution in [2.75, 3.05) is 17.3 Å². The van der Waals surface area contributed by atoms with E-state index in [0.717, 1.165) is 15.5 Å². The van der Waals surface area contributed by atoms with E-state index < -0.39 is 6.03 Å². The predicted molar refractivity (Wildman–Crippen MR) is 68.4 cm³/mol. The Hall–Kier alpha value is -1.69. The van der Waals surface area contributed by atoms with Crippen molar-refractivity contribution in [3.63, 3.8) is 0 Å². The summed E-state index contributed by atoms with van der Waals surface area (Å²) in [6, 6.07) is 4.78. The van der Waals surface area contributed by atoms with Gasteiger partial charge in [0.15, 0.2) is 0 Å². The molecule has 1 aliphatic rings. The number of hydrogen-bond acceptors (Lipinski definition) is 4. The molecule has 90 valence electrons. The van der Waals surface area contributed by atoms with Crippen LogP contribution < -0.4 is 16.0 Å². The van der Waals surface area contributed by atoms with E-state index in [4.69, 9.17) is 5.73 Å². The van der Waals surface area contributed by atoms with Gasteiger partial charge in [0.2, 0.25) is 5.91 Å². The average molecular weight is 251 g/mol. The highest BCUT2D eigenvalue weighted by Crippen LogP contribution is 2.40. The van der Waals surface area contributed by atoms with Gasteiger partial charge in [0.05, 0.1) is 10.9 Å². The van der Waals surface area contributed by atoms with Gasteiger partial charge in [0.25, 0.3) is 0 Å². The van der Waals surface area contributed by atoms with Crippen LogP contribution in [-0.4, -0.2) is 24.2 Å². The van der Waals surface area contributed by atoms with Gasteiger partial charge in [0, 0.05) is 17.6 Å². The standard InChI is InChI=1S/C11H13N3O2S/c1-6-10(15)14(11(12)16)8-5-7(13-2)3-4-9(8)17-6/h3-6,13H,1-2H3,(H2,12,16). The summed E-state index contributed by atoms with van der Waals surface area (Å²) >= 11 is 1.43. The molecule has 5 nitrogen and oxygen atoms in total. The minimum atomic E-state index is -0.739. The number of nitrogens with one attached hydrogen (secondary N) is 1. The second-order valence-corrected chi connectivity index (χ2v) is 5.09. The second-order valence-electron chi connectivity index (χ2n) is 3.70. The number of anilines is 2. The number of fused-ring (bicyclic) bond motifs is 1. The summed E-state index contributed by atoms with van der Waals surface area (Å²) in [5.74, 6) is -0.275. The minimum absolute atomic E-state index is 0.275. The summed E-state index contributed by atoms with van der Waals surface area (Å²) in [7, 11) is 1.77. The van der Waals surface area contributed by atoms with Gasteiger partial charge in [-0.15, -0.1) is 11.8 Å². The molecule has 0 spiro atoms. The zero-order valence-electron chi connectivity index (χ0n) is 9.56. The van der Waals surface area contributed by atoms with Crippen LogP contribution in [0.2, 0.25) is 0 Å². The Morgan fingerprint density at radius 3 is 2.82 bits per heavy atom. The molecule has 0 radical (unpaired) electrons. The van der Waals surface area contributed by atoms with E-state index >= 15 is 0 Å². The lowest BCUT2D eigenvalue weighted by atomic mass is 10.2. The number of nitrogens with two attached hydrogens (primary N) is 1. The highest BCUT2D eigenvalue weighted by Gasteiger charge is 2.33. The van der Waals surface area contributed by atoms with Gasteiger partial charge in [0.1, 0.15) is 0 Å². The van der Waals surface area contributed by atoms with E-state index in [9.17, 15) is 9.59 Å². The number of primary amides is 1. The van der Waals surface area contributed by atoms with Crippen molar-refractivity contribution >= 4 is 35.1 Å². The molecule has 1 aliphatic heterocycles. The molecule has 1 aromatic carbocycles. The summed E-state index contributed by atoms with van der Waals surface area (Å²) in [4.78, 5) is 25.2. The van der Waals surface area contributed by atoms with Crippen LogP contribution in [0.4, 0.5) is 16.2 Å². The first-order chi connectivity index (χ1) is 8.04. The lowest BCUT2D eigenvalue weighted by molar-refractivity contribution is -0.117. The first-order valence-electron chi connectivity index (χ1n) is 5.16. The Kier molecular flexibility index (Phi) is 2.97. The summed E-state index contributed by atoms with van der Waals surface area (Å²) in [5, 5.41) is 2.67. The molecule has 17 heavy (non-hydrogen) atoms. The molecule has 3 N–H and O–H groups in total. The number of benzene rings is 1. The monoisotopic (exact) mass is 251 g/mol. The average Bonchev–Trinajstić information content (AvgIpc) is 2.29. The smallest absolute Gasteiger partial charge is 0.326 e. The highest BCUT2D eigenvalue weighted by atomic mass is 32.2. The third-order valence-corrected chi connectivity index (χ3v) is 3.74. The lowest BCUT2D eigenvalue weighted by Gasteiger charge is -2.29. The maximum Gasteiger partial charge on any atom is 0.326 e. The van der Waals surface area contributed by atoms with E-state index in [1.165, 1.54) is 11.8 Å². The molecule has 0 fully saturated rings. The molecule has 1 heterocycles. The Morgan fingerprint density at radius 2 is 2.24 bits per heavy atom. The summed E-state index contributed by atoms with van der Waals surface area (Å²) in [6.07, 6.45) is 0. The van der Waals surface area contributed by atoms with Crippen molar-refractivity contribution in [2.45, 2.75) is 17.1 Å². The van der Waals surface area contributed by atoms with Crippen LogP contribution >= 0.6 is 11.8 Å². The van der Waals surface area contributed by atoms with E-state index in [2.05, 4.69) is 5.32 Å². The summed E-state index contributed by atoms with van der Waals surface area (Å²) < 4.78 is 0. The molecule has 6 heteroatoms. The number of urea groups is 1. The lowest BCUT2D eigenvalue weighted by Crippen LogP contribution is -2.46. The van der Waals surface area contributed by atoms with E-state index in [0.29, 0.717) is 5.69 Å². The molecule has 1 unspecified atom stereocenters. The SMILES string of the molecule is CNc1ccc2c(c1)N(C(N)=O)C(=O)C(C)S2. The van der Waals surface area contributed by atoms with Crippen LogP contribution in [0.5, 0.6) is 0 Å². The zero-order valence-corrected chi connectivity index (χ0v) is 10.4. The van der Waals surface area contributed by atoms with Gasteiger partial charge in [-0.2, -0.15) is 0 Å². The molecule has 1 atom stereocenters. The minimum Gasteiger partial charge on any atom is -0.388 e. The first-order valence-corrected chi connectivity index (χ1v) is 6.04. The number of imide groups is 1. The van der Waals surface area contributed by atoms with Crippen LogP contribution in [0, 0.1) is 0 Å². The Labute approximate surface area is 103 Å². The summed E-state index contributed by atoms with van der Waals surface area (Å²) in [5.41, 5.74) is 6.65. The molecule has 0 saturated heterocycles. The fourth-order valence-electron chi connectivity index (χ4n) is 1.72. The van der Waals surface area contributed by atoms with Crippen LogP contribution in [0.15, 0.2) is 23.1 Å². The number of carbonyl (C=O) groups is 2. The normalized spacial score (nSPS) is 18.8. The van der Waals surface area contributed by atoms with Gasteiger partial charge in [-0.05, 0) is 25.1 Å². The Morgan fingerprint density at radius 1 is 1.53 bits per heavy atom. The number of carbonyl (C=O) groups excluding carboxylic acids is 2. The van der Waals surface area contributed by atoms with Crippen molar-refractivity contribution in [1.29, 1.82) is 0 Å². The Bertz CT molecular complexity index is 490. The molecule has 1 aromatic rings. The van der Waals surface area contributed by atoms with Crippen molar-refractivity contribution in [3.8, 4) is 0 Å². The number of nitrogens with zero attached hydrogens (tertiary/aromatic N) is 1. The molecular weight excluding hydrogens is 238 g/mol. The number of hydrogen-bond donors (Lipinski definition) is 2. The third-order valence-electron chi connectivity index (χ3n) is 2.58. The molecule has 0 aliphatic carbocycles. The van der Waals surface area contributed by atoms with Gasteiger partial charge in [-0.1, -0.05) is 0 Å². The number of amides is 3. The maximum atomic E-state index is 11.9. The first kappa shape index (κ1) is 11.8. The van der Waals surface area contributed by atoms with E-state index in [-0.39, 0.29) is 11.2 Å². The molecule has 0 saturated carbocycles. The van der Waals surface area contributed by atoms with Gasteiger partial charge in [-0.25, -0.2) is 9.69 Å². The quantitative estimate of drug-likeness (QED) is 0.795. The third kappa shape index (κ3) is 1.95. The van der Waals surface area contributed by atoms with Crippen LogP contribution in [0.3, 0.4) is 0 Å². The van der Waals surface area contributed by atoms with Gasteiger partial charge in [-0.3, -0.25) is 4.79 Å². The van der Waals surface area contributed by atoms with E-state index in [1.54, 1.807) is 20.0 Å². The number of thioether (sulfide) groups is 1. The molecule has 0 bridgehead atoms. The largest absolute Gasteiger partial charge is 0.388 e. The van der Waals surface area contributed by atoms with Crippen LogP contribution in [0.1, 0.15) is 6.92 Å². The fourth-order valence-corrected chi connectivity index (χ4v) is 2.72. The number of rotatable bonds is 1. The van der Waals surface area contributed by atoms with Crippen LogP contribution in [-0.2, 0) is 4.79 Å². The predicted octanol–water partition coefficient (Wildman–Crippen LogP) is 1.63. The van der Waals surface area contributed by atoms with Crippen LogP contribution in [0.25, 0.3) is 0 Å². The van der Waals surface area contributed by atoms with Gasteiger partial charge < -0.3 is 11.1 Å². The molecule has 0 aromatic heterocycles. The molecule has 3 amide bonds. The topological polar surface area (TPSA) is 75.4 Å². The second kappa shape index (κ2) is 4.29. The zero-order chi connectivity index (χ0) is 12.6. The summed E-state index contributed by atoms with van der Waals surface area (Å²) in [6.45, 7) is 1.76. The van der Waals surface area contributed by atoms with Crippen molar-refractivity contribution < 1.29 is 9.59 Å². The Balaban J connectivity index is 2.55. The van der Waals surface area contributed by atoms with Crippen molar-refractivity contribution in [3.05, 3.63) is 18.2 Å². The van der Waals surface area contributed by atoms with Crippen molar-refractivity contribution in [2.24, 2.45) is 5.73 Å². The fraction of sp³-hybridized carbons (Fsp3) is 0.273. The van der Waals surface area contributed by atoms with Gasteiger partial charge >= 0.3 is 6.03 Å². The van der Waals surface area contributed by atoms with Crippen molar-refractivity contribution in [1.82, 2.24) is 0 Å². The molecular formula is C11H13N3O2S.